The first kappa shape index (κ1) is 12.4. The molecule has 1 saturated carbocycles. The number of nitrogens with zero attached hydrogens (tertiary/aromatic N) is 2. The predicted molar refractivity (Wildman–Crippen MR) is 75.4 cm³/mol. The maximum Gasteiger partial charge on any atom is 0.238 e. The third-order valence-electron chi connectivity index (χ3n) is 3.68. The van der Waals surface area contributed by atoms with Crippen molar-refractivity contribution in [2.45, 2.75) is 12.8 Å². The lowest BCUT2D eigenvalue weighted by Gasteiger charge is -2.14. The highest BCUT2D eigenvalue weighted by Crippen LogP contribution is 2.46. The lowest BCUT2D eigenvalue weighted by atomic mass is 10.0. The molecule has 1 amide bonds. The lowest BCUT2D eigenvalue weighted by Crippen LogP contribution is -2.36. The van der Waals surface area contributed by atoms with Crippen molar-refractivity contribution in [3.63, 3.8) is 0 Å². The molecule has 0 spiro atoms. The van der Waals surface area contributed by atoms with Crippen LogP contribution in [0.25, 0.3) is 10.9 Å². The average molecular weight is 270 g/mol. The normalized spacial score (nSPS) is 16.9. The van der Waals surface area contributed by atoms with Crippen LogP contribution in [0.2, 0.25) is 0 Å². The fraction of sp³-hybridized carbons (Fsp3) is 0.214. The van der Waals surface area contributed by atoms with Gasteiger partial charge >= 0.3 is 0 Å². The molecule has 1 aromatic carbocycles. The number of hydrogen-bond acceptors (Lipinski definition) is 4. The van der Waals surface area contributed by atoms with Crippen LogP contribution in [0.5, 0.6) is 0 Å². The second-order valence-electron chi connectivity index (χ2n) is 4.90. The zero-order chi connectivity index (χ0) is 14.2. The Balaban J connectivity index is 1.93. The smallest absolute Gasteiger partial charge is 0.238 e. The Labute approximate surface area is 115 Å². The van der Waals surface area contributed by atoms with E-state index in [2.05, 4.69) is 15.5 Å². The van der Waals surface area contributed by atoms with Crippen LogP contribution in [0.4, 0.5) is 5.69 Å². The number of carbonyl (C=O) groups is 1. The summed E-state index contributed by atoms with van der Waals surface area (Å²) in [5.74, 6) is -0.280. The number of nitrogens with two attached hydrogens (primary N) is 1. The van der Waals surface area contributed by atoms with Crippen molar-refractivity contribution in [1.29, 1.82) is 0 Å². The molecule has 1 heterocycles. The number of fused-ring (bicyclic) bond motifs is 1. The maximum atomic E-state index is 12.3. The number of pyridine rings is 1. The molecule has 0 atom stereocenters. The van der Waals surface area contributed by atoms with Crippen LogP contribution in [-0.2, 0) is 4.79 Å². The second kappa shape index (κ2) is 4.48. The summed E-state index contributed by atoms with van der Waals surface area (Å²) >= 11 is 0. The van der Waals surface area contributed by atoms with E-state index in [0.29, 0.717) is 18.5 Å². The summed E-state index contributed by atoms with van der Waals surface area (Å²) in [5.41, 5.74) is 6.23. The fourth-order valence-corrected chi connectivity index (χ4v) is 2.27. The summed E-state index contributed by atoms with van der Waals surface area (Å²) in [6.07, 6.45) is 2.89. The van der Waals surface area contributed by atoms with Gasteiger partial charge in [0.05, 0.1) is 11.2 Å². The van der Waals surface area contributed by atoms with Crippen molar-refractivity contribution in [1.82, 2.24) is 4.98 Å². The zero-order valence-corrected chi connectivity index (χ0v) is 10.7. The van der Waals surface area contributed by atoms with E-state index in [-0.39, 0.29) is 11.7 Å². The van der Waals surface area contributed by atoms with Gasteiger partial charge in [0.25, 0.3) is 0 Å². The molecule has 0 aliphatic heterocycles. The Bertz CT molecular complexity index is 702. The predicted octanol–water partition coefficient (Wildman–Crippen LogP) is 1.70. The van der Waals surface area contributed by atoms with Gasteiger partial charge in [0.2, 0.25) is 5.91 Å². The molecule has 0 unspecified atom stereocenters. The first-order valence-electron chi connectivity index (χ1n) is 6.30. The molecule has 20 heavy (non-hydrogen) atoms. The number of amides is 1. The number of rotatable bonds is 3. The van der Waals surface area contributed by atoms with Gasteiger partial charge in [-0.3, -0.25) is 9.78 Å². The van der Waals surface area contributed by atoms with Gasteiger partial charge in [-0.25, -0.2) is 0 Å². The number of nitrogens with one attached hydrogen (secondary N) is 1. The van der Waals surface area contributed by atoms with Gasteiger partial charge in [-0.2, -0.15) is 0 Å². The van der Waals surface area contributed by atoms with E-state index in [0.717, 1.165) is 10.9 Å². The van der Waals surface area contributed by atoms with Crippen molar-refractivity contribution in [3.8, 4) is 0 Å². The van der Waals surface area contributed by atoms with Gasteiger partial charge in [-0.15, -0.1) is 0 Å². The van der Waals surface area contributed by atoms with E-state index >= 15 is 0 Å². The monoisotopic (exact) mass is 270 g/mol. The summed E-state index contributed by atoms with van der Waals surface area (Å²) in [5, 5.41) is 15.5. The van der Waals surface area contributed by atoms with Gasteiger partial charge in [-0.1, -0.05) is 11.2 Å². The minimum atomic E-state index is -0.862. The molecule has 6 heteroatoms. The highest BCUT2D eigenvalue weighted by atomic mass is 16.4. The first-order chi connectivity index (χ1) is 9.67. The van der Waals surface area contributed by atoms with Crippen LogP contribution in [0.15, 0.2) is 41.7 Å². The SMILES string of the molecule is N/C(=N/O)C1(C(=O)Nc2cccc3ncccc23)CC1. The van der Waals surface area contributed by atoms with Crippen molar-refractivity contribution in [3.05, 3.63) is 36.5 Å². The Hall–Kier alpha value is -2.63. The number of oxime groups is 1. The maximum absolute atomic E-state index is 12.3. The molecule has 102 valence electrons. The number of anilines is 1. The molecule has 1 aliphatic rings. The Morgan fingerprint density at radius 1 is 1.35 bits per heavy atom. The summed E-state index contributed by atoms with van der Waals surface area (Å²) in [4.78, 5) is 16.6. The van der Waals surface area contributed by atoms with E-state index in [1.807, 2.05) is 30.3 Å². The third kappa shape index (κ3) is 1.85. The van der Waals surface area contributed by atoms with Gasteiger partial charge in [0, 0.05) is 11.6 Å². The van der Waals surface area contributed by atoms with E-state index < -0.39 is 5.41 Å². The molecular formula is C14H14N4O2. The third-order valence-corrected chi connectivity index (χ3v) is 3.68. The molecule has 3 rings (SSSR count). The number of benzene rings is 1. The molecular weight excluding hydrogens is 256 g/mol. The molecule has 0 bridgehead atoms. The highest BCUT2D eigenvalue weighted by Gasteiger charge is 2.54. The number of carbonyl (C=O) groups excluding carboxylic acids is 1. The molecule has 0 radical (unpaired) electrons. The first-order valence-corrected chi connectivity index (χ1v) is 6.30. The minimum absolute atomic E-state index is 0.0339. The van der Waals surface area contributed by atoms with Crippen molar-refractivity contribution in [2.24, 2.45) is 16.3 Å². The summed E-state index contributed by atoms with van der Waals surface area (Å²) < 4.78 is 0. The van der Waals surface area contributed by atoms with Gasteiger partial charge in [0.15, 0.2) is 5.84 Å². The van der Waals surface area contributed by atoms with Crippen LogP contribution in [0.1, 0.15) is 12.8 Å². The van der Waals surface area contributed by atoms with E-state index in [1.165, 1.54) is 0 Å². The quantitative estimate of drug-likeness (QED) is 0.342. The topological polar surface area (TPSA) is 101 Å². The zero-order valence-electron chi connectivity index (χ0n) is 10.7. The van der Waals surface area contributed by atoms with Crippen molar-refractivity contribution < 1.29 is 10.0 Å². The lowest BCUT2D eigenvalue weighted by molar-refractivity contribution is -0.119. The largest absolute Gasteiger partial charge is 0.409 e. The van der Waals surface area contributed by atoms with Gasteiger partial charge < -0.3 is 16.3 Å². The average Bonchev–Trinajstić information content (AvgIpc) is 3.28. The van der Waals surface area contributed by atoms with Crippen molar-refractivity contribution in [2.75, 3.05) is 5.32 Å². The van der Waals surface area contributed by atoms with Crippen LogP contribution in [-0.4, -0.2) is 21.9 Å². The highest BCUT2D eigenvalue weighted by molar-refractivity contribution is 6.15. The molecule has 1 fully saturated rings. The fourth-order valence-electron chi connectivity index (χ4n) is 2.27. The van der Waals surface area contributed by atoms with Gasteiger partial charge in [0.1, 0.15) is 5.41 Å². The van der Waals surface area contributed by atoms with Gasteiger partial charge in [-0.05, 0) is 37.1 Å². The Kier molecular flexibility index (Phi) is 2.78. The Morgan fingerprint density at radius 2 is 2.15 bits per heavy atom. The molecule has 6 nitrogen and oxygen atoms in total. The van der Waals surface area contributed by atoms with Crippen LogP contribution in [0, 0.1) is 5.41 Å². The molecule has 4 N–H and O–H groups in total. The molecule has 1 aliphatic carbocycles. The summed E-state index contributed by atoms with van der Waals surface area (Å²) in [6.45, 7) is 0. The minimum Gasteiger partial charge on any atom is -0.409 e. The number of hydrogen-bond donors (Lipinski definition) is 3. The summed E-state index contributed by atoms with van der Waals surface area (Å²) in [7, 11) is 0. The van der Waals surface area contributed by atoms with E-state index in [1.54, 1.807) is 6.20 Å². The molecule has 0 saturated heterocycles. The number of amidine groups is 1. The number of aromatic nitrogens is 1. The van der Waals surface area contributed by atoms with Crippen LogP contribution in [0.3, 0.4) is 0 Å². The molecule has 1 aromatic heterocycles. The van der Waals surface area contributed by atoms with Crippen LogP contribution < -0.4 is 11.1 Å². The standard InChI is InChI=1S/C14H14N4O2/c15-12(18-20)14(6-7-14)13(19)17-11-5-1-4-10-9(11)3-2-8-16-10/h1-5,8,20H,6-7H2,(H2,15,18)(H,17,19). The second-order valence-corrected chi connectivity index (χ2v) is 4.90. The Morgan fingerprint density at radius 3 is 2.85 bits per heavy atom. The summed E-state index contributed by atoms with van der Waals surface area (Å²) in [6, 6.07) is 9.22. The molecule has 2 aromatic rings. The van der Waals surface area contributed by atoms with Crippen molar-refractivity contribution >= 4 is 28.3 Å². The van der Waals surface area contributed by atoms with E-state index in [4.69, 9.17) is 10.9 Å². The van der Waals surface area contributed by atoms with Crippen LogP contribution >= 0.6 is 0 Å². The van der Waals surface area contributed by atoms with E-state index in [9.17, 15) is 4.79 Å².